The molecule has 0 aliphatic rings. The number of alkyl halides is 3. The summed E-state index contributed by atoms with van der Waals surface area (Å²) < 4.78 is 38.1. The van der Waals surface area contributed by atoms with Crippen LogP contribution in [0.5, 0.6) is 0 Å². The van der Waals surface area contributed by atoms with Crippen LogP contribution in [0.1, 0.15) is 5.56 Å². The Morgan fingerprint density at radius 3 is 2.28 bits per heavy atom. The highest BCUT2D eigenvalue weighted by atomic mass is 35.5. The first-order valence-electron chi connectivity index (χ1n) is 4.50. The highest BCUT2D eigenvalue weighted by Crippen LogP contribution is 2.37. The van der Waals surface area contributed by atoms with E-state index in [-0.39, 0.29) is 5.02 Å². The molecule has 6 N–H and O–H groups in total. The number of guanidine groups is 2. The summed E-state index contributed by atoms with van der Waals surface area (Å²) in [5.74, 6) is -0.887. The van der Waals surface area contributed by atoms with Crippen molar-refractivity contribution in [1.29, 1.82) is 0 Å². The van der Waals surface area contributed by atoms with Crippen LogP contribution in [0.4, 0.5) is 18.9 Å². The zero-order chi connectivity index (χ0) is 13.9. The van der Waals surface area contributed by atoms with E-state index in [1.165, 1.54) is 6.07 Å². The third-order valence-corrected chi connectivity index (χ3v) is 1.98. The Hall–Kier alpha value is -1.96. The molecule has 0 aliphatic heterocycles. The predicted octanol–water partition coefficient (Wildman–Crippen LogP) is 1.58. The van der Waals surface area contributed by atoms with Gasteiger partial charge in [-0.3, -0.25) is 0 Å². The molecule has 0 saturated carbocycles. The number of hydrogen-bond acceptors (Lipinski definition) is 1. The van der Waals surface area contributed by atoms with Gasteiger partial charge in [-0.25, -0.2) is 4.99 Å². The number of aliphatic imine (C=N–C) groups is 2. The third-order valence-electron chi connectivity index (χ3n) is 1.74. The number of nitrogens with zero attached hydrogens (tertiary/aromatic N) is 2. The highest BCUT2D eigenvalue weighted by Gasteiger charge is 2.33. The summed E-state index contributed by atoms with van der Waals surface area (Å²) in [4.78, 5) is 6.79. The molecule has 0 atom stereocenters. The van der Waals surface area contributed by atoms with Gasteiger partial charge in [0.2, 0.25) is 5.96 Å². The van der Waals surface area contributed by atoms with E-state index in [1.54, 1.807) is 0 Å². The molecule has 9 heteroatoms. The standard InChI is InChI=1S/C9H9ClF3N5/c10-4-1-2-6(5(3-4)9(11,12)13)17-8(16)18-7(14)15/h1-3H,(H6,14,15,16,17,18). The topological polar surface area (TPSA) is 103 Å². The van der Waals surface area contributed by atoms with Crippen molar-refractivity contribution in [2.75, 3.05) is 0 Å². The van der Waals surface area contributed by atoms with Crippen molar-refractivity contribution >= 4 is 29.2 Å². The van der Waals surface area contributed by atoms with Crippen molar-refractivity contribution in [3.63, 3.8) is 0 Å². The maximum Gasteiger partial charge on any atom is 0.418 e. The normalized spacial score (nSPS) is 12.3. The van der Waals surface area contributed by atoms with Gasteiger partial charge < -0.3 is 17.2 Å². The number of nitrogens with two attached hydrogens (primary N) is 3. The largest absolute Gasteiger partial charge is 0.418 e. The maximum absolute atomic E-state index is 12.7. The van der Waals surface area contributed by atoms with Gasteiger partial charge >= 0.3 is 6.18 Å². The SMILES string of the molecule is NC(N)=NC(N)=Nc1ccc(Cl)cc1C(F)(F)F. The molecule has 98 valence electrons. The Labute approximate surface area is 105 Å². The second kappa shape index (κ2) is 5.13. The van der Waals surface area contributed by atoms with Gasteiger partial charge in [-0.1, -0.05) is 11.6 Å². The van der Waals surface area contributed by atoms with Gasteiger partial charge in [0.25, 0.3) is 0 Å². The van der Waals surface area contributed by atoms with Gasteiger partial charge in [-0.05, 0) is 18.2 Å². The van der Waals surface area contributed by atoms with E-state index >= 15 is 0 Å². The first-order chi connectivity index (χ1) is 8.20. The minimum Gasteiger partial charge on any atom is -0.370 e. The smallest absolute Gasteiger partial charge is 0.370 e. The molecule has 0 fully saturated rings. The summed E-state index contributed by atoms with van der Waals surface area (Å²) >= 11 is 5.50. The van der Waals surface area contributed by atoms with Crippen molar-refractivity contribution in [3.05, 3.63) is 28.8 Å². The fourth-order valence-electron chi connectivity index (χ4n) is 1.11. The van der Waals surface area contributed by atoms with E-state index in [0.717, 1.165) is 12.1 Å². The molecule has 5 nitrogen and oxygen atoms in total. The lowest BCUT2D eigenvalue weighted by molar-refractivity contribution is -0.137. The number of rotatable bonds is 1. The Morgan fingerprint density at radius 1 is 1.17 bits per heavy atom. The van der Waals surface area contributed by atoms with Crippen molar-refractivity contribution < 1.29 is 13.2 Å². The van der Waals surface area contributed by atoms with Gasteiger partial charge in [0.15, 0.2) is 5.96 Å². The summed E-state index contributed by atoms with van der Waals surface area (Å²) in [6.45, 7) is 0. The molecule has 0 bridgehead atoms. The lowest BCUT2D eigenvalue weighted by atomic mass is 10.2. The van der Waals surface area contributed by atoms with E-state index in [1.807, 2.05) is 0 Å². The zero-order valence-electron chi connectivity index (χ0n) is 8.87. The average molecular weight is 280 g/mol. The maximum atomic E-state index is 12.7. The fourth-order valence-corrected chi connectivity index (χ4v) is 1.29. The molecule has 0 radical (unpaired) electrons. The monoisotopic (exact) mass is 279 g/mol. The quantitative estimate of drug-likeness (QED) is 0.537. The Kier molecular flexibility index (Phi) is 4.02. The van der Waals surface area contributed by atoms with Crippen LogP contribution in [-0.4, -0.2) is 11.9 Å². The van der Waals surface area contributed by atoms with Gasteiger partial charge in [0.05, 0.1) is 11.3 Å². The molecule has 0 spiro atoms. The first kappa shape index (κ1) is 14.1. The van der Waals surface area contributed by atoms with Crippen molar-refractivity contribution in [1.82, 2.24) is 0 Å². The lowest BCUT2D eigenvalue weighted by Gasteiger charge is -2.10. The first-order valence-corrected chi connectivity index (χ1v) is 4.88. The summed E-state index contributed by atoms with van der Waals surface area (Å²) in [5.41, 5.74) is 13.8. The molecule has 0 aromatic heterocycles. The summed E-state index contributed by atoms with van der Waals surface area (Å²) in [6, 6.07) is 3.06. The van der Waals surface area contributed by atoms with Crippen LogP contribution < -0.4 is 17.2 Å². The molecule has 18 heavy (non-hydrogen) atoms. The molecule has 1 aromatic rings. The molecule has 0 heterocycles. The van der Waals surface area contributed by atoms with Crippen LogP contribution in [0.3, 0.4) is 0 Å². The Bertz CT molecular complexity index is 505. The Balaban J connectivity index is 3.30. The third kappa shape index (κ3) is 3.81. The number of halogens is 4. The summed E-state index contributed by atoms with van der Waals surface area (Å²) in [7, 11) is 0. The molecule has 0 aliphatic carbocycles. The van der Waals surface area contributed by atoms with Gasteiger partial charge in [-0.15, -0.1) is 0 Å². The minimum atomic E-state index is -4.61. The van der Waals surface area contributed by atoms with Crippen LogP contribution in [0.15, 0.2) is 28.2 Å². The van der Waals surface area contributed by atoms with E-state index in [4.69, 9.17) is 28.8 Å². The molecular formula is C9H9ClF3N5. The zero-order valence-corrected chi connectivity index (χ0v) is 9.63. The van der Waals surface area contributed by atoms with E-state index in [0.29, 0.717) is 0 Å². The predicted molar refractivity (Wildman–Crippen MR) is 63.5 cm³/mol. The molecule has 1 rings (SSSR count). The number of benzene rings is 1. The molecular weight excluding hydrogens is 271 g/mol. The molecule has 0 amide bonds. The summed E-state index contributed by atoms with van der Waals surface area (Å²) in [6.07, 6.45) is -4.61. The van der Waals surface area contributed by atoms with Crippen LogP contribution in [-0.2, 0) is 6.18 Å². The van der Waals surface area contributed by atoms with Crippen LogP contribution in [0, 0.1) is 0 Å². The molecule has 1 aromatic carbocycles. The molecule has 0 saturated heterocycles. The second-order valence-electron chi connectivity index (χ2n) is 3.17. The lowest BCUT2D eigenvalue weighted by Crippen LogP contribution is -2.26. The Morgan fingerprint density at radius 2 is 1.78 bits per heavy atom. The fraction of sp³-hybridized carbons (Fsp3) is 0.111. The van der Waals surface area contributed by atoms with Crippen molar-refractivity contribution in [3.8, 4) is 0 Å². The van der Waals surface area contributed by atoms with Crippen molar-refractivity contribution in [2.45, 2.75) is 6.18 Å². The number of hydrogen-bond donors (Lipinski definition) is 3. The second-order valence-corrected chi connectivity index (χ2v) is 3.60. The van der Waals surface area contributed by atoms with E-state index in [2.05, 4.69) is 9.98 Å². The van der Waals surface area contributed by atoms with E-state index < -0.39 is 29.3 Å². The van der Waals surface area contributed by atoms with Crippen LogP contribution >= 0.6 is 11.6 Å². The van der Waals surface area contributed by atoms with Gasteiger partial charge in [0.1, 0.15) is 0 Å². The van der Waals surface area contributed by atoms with Crippen LogP contribution in [0.2, 0.25) is 5.02 Å². The minimum absolute atomic E-state index is 0.0679. The highest BCUT2D eigenvalue weighted by molar-refractivity contribution is 6.30. The molecule has 0 unspecified atom stereocenters. The van der Waals surface area contributed by atoms with E-state index in [9.17, 15) is 13.2 Å². The summed E-state index contributed by atoms with van der Waals surface area (Å²) in [5, 5.41) is -0.0679. The van der Waals surface area contributed by atoms with Gasteiger partial charge in [-0.2, -0.15) is 18.2 Å². The van der Waals surface area contributed by atoms with Crippen LogP contribution in [0.25, 0.3) is 0 Å². The van der Waals surface area contributed by atoms with Crippen molar-refractivity contribution in [2.24, 2.45) is 27.2 Å². The van der Waals surface area contributed by atoms with Gasteiger partial charge in [0, 0.05) is 5.02 Å². The average Bonchev–Trinajstić information content (AvgIpc) is 2.17.